The number of fused-ring (bicyclic) bond motifs is 1. The molecule has 0 aliphatic heterocycles. The number of benzene rings is 1. The molecule has 0 saturated heterocycles. The Hall–Kier alpha value is -1.41. The van der Waals surface area contributed by atoms with Crippen LogP contribution in [0.2, 0.25) is 0 Å². The van der Waals surface area contributed by atoms with Gasteiger partial charge in [-0.1, -0.05) is 18.2 Å². The van der Waals surface area contributed by atoms with Gasteiger partial charge in [0.05, 0.1) is 11.6 Å². The molecule has 0 bridgehead atoms. The second kappa shape index (κ2) is 3.39. The molecule has 1 aromatic carbocycles. The average molecular weight is 187 g/mol. The van der Waals surface area contributed by atoms with E-state index in [1.165, 1.54) is 0 Å². The van der Waals surface area contributed by atoms with Crippen molar-refractivity contribution >= 4 is 10.9 Å². The highest BCUT2D eigenvalue weighted by Gasteiger charge is 2.05. The summed E-state index contributed by atoms with van der Waals surface area (Å²) in [6.07, 6.45) is -0.441. The standard InChI is InChI=1S/C12H13NO/c1-8-6-7-11-10(9(2)14)4-3-5-12(11)13-8/h3-7,9,14H,1-2H3. The van der Waals surface area contributed by atoms with Gasteiger partial charge in [-0.15, -0.1) is 0 Å². The summed E-state index contributed by atoms with van der Waals surface area (Å²) in [5, 5.41) is 10.6. The van der Waals surface area contributed by atoms with E-state index in [9.17, 15) is 5.11 Å². The molecule has 1 N–H and O–H groups in total. The number of aliphatic hydroxyl groups excluding tert-OH is 1. The molecule has 1 heterocycles. The summed E-state index contributed by atoms with van der Waals surface area (Å²) in [4.78, 5) is 4.41. The zero-order valence-electron chi connectivity index (χ0n) is 8.36. The molecule has 2 aromatic rings. The molecule has 72 valence electrons. The third-order valence-electron chi connectivity index (χ3n) is 2.35. The Balaban J connectivity index is 2.75. The maximum absolute atomic E-state index is 9.56. The van der Waals surface area contributed by atoms with Crippen LogP contribution < -0.4 is 0 Å². The van der Waals surface area contributed by atoms with Crippen molar-refractivity contribution in [3.63, 3.8) is 0 Å². The molecule has 0 radical (unpaired) electrons. The third-order valence-corrected chi connectivity index (χ3v) is 2.35. The Morgan fingerprint density at radius 2 is 2.00 bits per heavy atom. The summed E-state index contributed by atoms with van der Waals surface area (Å²) in [5.41, 5.74) is 2.89. The zero-order chi connectivity index (χ0) is 10.1. The number of hydrogen-bond acceptors (Lipinski definition) is 2. The van der Waals surface area contributed by atoms with E-state index in [0.717, 1.165) is 22.2 Å². The Bertz CT molecular complexity index is 463. The van der Waals surface area contributed by atoms with E-state index < -0.39 is 6.10 Å². The molecule has 1 aromatic heterocycles. The molecular weight excluding hydrogens is 174 g/mol. The van der Waals surface area contributed by atoms with Crippen molar-refractivity contribution in [2.45, 2.75) is 20.0 Å². The van der Waals surface area contributed by atoms with Crippen LogP contribution in [0.25, 0.3) is 10.9 Å². The number of hydrogen-bond donors (Lipinski definition) is 1. The van der Waals surface area contributed by atoms with Crippen LogP contribution in [-0.2, 0) is 0 Å². The molecule has 0 fully saturated rings. The van der Waals surface area contributed by atoms with Gasteiger partial charge in [0.25, 0.3) is 0 Å². The van der Waals surface area contributed by atoms with Gasteiger partial charge in [-0.05, 0) is 31.5 Å². The van der Waals surface area contributed by atoms with E-state index in [4.69, 9.17) is 0 Å². The number of rotatable bonds is 1. The summed E-state index contributed by atoms with van der Waals surface area (Å²) < 4.78 is 0. The highest BCUT2D eigenvalue weighted by atomic mass is 16.3. The average Bonchev–Trinajstić information content (AvgIpc) is 2.16. The molecule has 0 spiro atoms. The van der Waals surface area contributed by atoms with Gasteiger partial charge in [0.2, 0.25) is 0 Å². The Labute approximate surface area is 83.2 Å². The van der Waals surface area contributed by atoms with Crippen LogP contribution in [0.5, 0.6) is 0 Å². The third kappa shape index (κ3) is 1.49. The minimum atomic E-state index is -0.441. The number of nitrogens with zero attached hydrogens (tertiary/aromatic N) is 1. The number of pyridine rings is 1. The van der Waals surface area contributed by atoms with Crippen LogP contribution in [-0.4, -0.2) is 10.1 Å². The highest BCUT2D eigenvalue weighted by Crippen LogP contribution is 2.22. The fourth-order valence-electron chi connectivity index (χ4n) is 1.64. The van der Waals surface area contributed by atoms with Gasteiger partial charge in [-0.2, -0.15) is 0 Å². The van der Waals surface area contributed by atoms with Crippen LogP contribution in [0, 0.1) is 6.92 Å². The van der Waals surface area contributed by atoms with Crippen LogP contribution >= 0.6 is 0 Å². The lowest BCUT2D eigenvalue weighted by molar-refractivity contribution is 0.201. The first-order chi connectivity index (χ1) is 6.68. The maximum atomic E-state index is 9.56. The van der Waals surface area contributed by atoms with Crippen LogP contribution in [0.4, 0.5) is 0 Å². The molecule has 1 unspecified atom stereocenters. The van der Waals surface area contributed by atoms with Gasteiger partial charge in [-0.3, -0.25) is 4.98 Å². The van der Waals surface area contributed by atoms with Gasteiger partial charge in [0.1, 0.15) is 0 Å². The SMILES string of the molecule is Cc1ccc2c(C(C)O)cccc2n1. The maximum Gasteiger partial charge on any atom is 0.0768 e. The molecule has 2 heteroatoms. The van der Waals surface area contributed by atoms with E-state index in [1.807, 2.05) is 37.3 Å². The van der Waals surface area contributed by atoms with E-state index >= 15 is 0 Å². The summed E-state index contributed by atoms with van der Waals surface area (Å²) >= 11 is 0. The monoisotopic (exact) mass is 187 g/mol. The van der Waals surface area contributed by atoms with Crippen molar-refractivity contribution in [1.82, 2.24) is 4.98 Å². The molecule has 2 nitrogen and oxygen atoms in total. The molecule has 14 heavy (non-hydrogen) atoms. The van der Waals surface area contributed by atoms with E-state index in [1.54, 1.807) is 6.92 Å². The van der Waals surface area contributed by atoms with Crippen LogP contribution in [0.3, 0.4) is 0 Å². The topological polar surface area (TPSA) is 33.1 Å². The number of aryl methyl sites for hydroxylation is 1. The second-order valence-electron chi connectivity index (χ2n) is 3.54. The Kier molecular flexibility index (Phi) is 2.22. The fraction of sp³-hybridized carbons (Fsp3) is 0.250. The molecular formula is C12H13NO. The van der Waals surface area contributed by atoms with Crippen molar-refractivity contribution in [2.24, 2.45) is 0 Å². The first-order valence-electron chi connectivity index (χ1n) is 4.73. The lowest BCUT2D eigenvalue weighted by atomic mass is 10.0. The van der Waals surface area contributed by atoms with Gasteiger partial charge in [-0.25, -0.2) is 0 Å². The van der Waals surface area contributed by atoms with Crippen molar-refractivity contribution in [1.29, 1.82) is 0 Å². The summed E-state index contributed by atoms with van der Waals surface area (Å²) in [6.45, 7) is 3.74. The summed E-state index contributed by atoms with van der Waals surface area (Å²) in [6, 6.07) is 9.81. The fourth-order valence-corrected chi connectivity index (χ4v) is 1.64. The van der Waals surface area contributed by atoms with Crippen molar-refractivity contribution in [3.8, 4) is 0 Å². The molecule has 0 aliphatic rings. The molecule has 0 amide bonds. The molecule has 1 atom stereocenters. The predicted molar refractivity (Wildman–Crippen MR) is 57.1 cm³/mol. The largest absolute Gasteiger partial charge is 0.389 e. The normalized spacial score (nSPS) is 13.1. The molecule has 0 saturated carbocycles. The first-order valence-corrected chi connectivity index (χ1v) is 4.73. The van der Waals surface area contributed by atoms with E-state index in [0.29, 0.717) is 0 Å². The van der Waals surface area contributed by atoms with Crippen molar-refractivity contribution < 1.29 is 5.11 Å². The zero-order valence-corrected chi connectivity index (χ0v) is 8.36. The Morgan fingerprint density at radius 3 is 2.71 bits per heavy atom. The number of aliphatic hydroxyl groups is 1. The van der Waals surface area contributed by atoms with Crippen LogP contribution in [0.15, 0.2) is 30.3 Å². The second-order valence-corrected chi connectivity index (χ2v) is 3.54. The lowest BCUT2D eigenvalue weighted by Gasteiger charge is -2.08. The van der Waals surface area contributed by atoms with Crippen LogP contribution in [0.1, 0.15) is 24.3 Å². The molecule has 2 rings (SSSR count). The number of aromatic nitrogens is 1. The van der Waals surface area contributed by atoms with Crippen molar-refractivity contribution in [3.05, 3.63) is 41.6 Å². The quantitative estimate of drug-likeness (QED) is 0.744. The highest BCUT2D eigenvalue weighted by molar-refractivity contribution is 5.82. The first kappa shape index (κ1) is 9.16. The predicted octanol–water partition coefficient (Wildman–Crippen LogP) is 2.60. The molecule has 0 aliphatic carbocycles. The van der Waals surface area contributed by atoms with Gasteiger partial charge in [0, 0.05) is 11.1 Å². The van der Waals surface area contributed by atoms with Gasteiger partial charge < -0.3 is 5.11 Å². The Morgan fingerprint density at radius 1 is 1.21 bits per heavy atom. The smallest absolute Gasteiger partial charge is 0.0768 e. The van der Waals surface area contributed by atoms with E-state index in [2.05, 4.69) is 4.98 Å². The van der Waals surface area contributed by atoms with Gasteiger partial charge in [0.15, 0.2) is 0 Å². The van der Waals surface area contributed by atoms with E-state index in [-0.39, 0.29) is 0 Å². The van der Waals surface area contributed by atoms with Gasteiger partial charge >= 0.3 is 0 Å². The van der Waals surface area contributed by atoms with Crippen molar-refractivity contribution in [2.75, 3.05) is 0 Å². The lowest BCUT2D eigenvalue weighted by Crippen LogP contribution is -1.93. The summed E-state index contributed by atoms with van der Waals surface area (Å²) in [5.74, 6) is 0. The summed E-state index contributed by atoms with van der Waals surface area (Å²) in [7, 11) is 0. The minimum Gasteiger partial charge on any atom is -0.389 e. The minimum absolute atomic E-state index is 0.441.